The summed E-state index contributed by atoms with van der Waals surface area (Å²) >= 11 is 0. The Morgan fingerprint density at radius 3 is 2.81 bits per heavy atom. The molecule has 0 aliphatic carbocycles. The van der Waals surface area contributed by atoms with Gasteiger partial charge in [0.25, 0.3) is 5.91 Å². The average molecular weight is 501 g/mol. The van der Waals surface area contributed by atoms with Gasteiger partial charge in [-0.2, -0.15) is 0 Å². The van der Waals surface area contributed by atoms with Crippen molar-refractivity contribution >= 4 is 11.8 Å². The second-order valence-electron chi connectivity index (χ2n) is 9.86. The highest BCUT2D eigenvalue weighted by atomic mass is 16.5. The van der Waals surface area contributed by atoms with E-state index in [1.807, 2.05) is 13.8 Å². The summed E-state index contributed by atoms with van der Waals surface area (Å²) in [6.45, 7) is 7.59. The van der Waals surface area contributed by atoms with E-state index in [0.717, 1.165) is 19.6 Å². The third-order valence-corrected chi connectivity index (χ3v) is 6.94. The third-order valence-electron chi connectivity index (χ3n) is 6.94. The molecule has 3 heterocycles. The Morgan fingerprint density at radius 1 is 1.36 bits per heavy atom. The number of rotatable bonds is 8. The topological polar surface area (TPSA) is 95.4 Å². The number of nitrogens with zero attached hydrogens (tertiary/aromatic N) is 4. The summed E-state index contributed by atoms with van der Waals surface area (Å²) in [5.41, 5.74) is 0.880. The molecule has 0 aromatic carbocycles. The number of methoxy groups -OCH3 is 1. The molecule has 2 aliphatic rings. The summed E-state index contributed by atoms with van der Waals surface area (Å²) in [6.07, 6.45) is 5.35. The molecule has 1 N–H and O–H groups in total. The SMILES string of the molecule is COCC#Cc1cnc2c(c1)C(=O)N([C@@H](C)CO)C[C@H](C)[C@@H](CN(C)C(=O)CCN1CCCCC1)O2. The van der Waals surface area contributed by atoms with Gasteiger partial charge in [-0.25, -0.2) is 4.98 Å². The standard InChI is InChI=1S/C27H40N4O5/c1-20-17-31(21(2)19-32)27(34)23-15-22(9-8-14-35-4)16-28-26(23)36-24(20)18-29(3)25(33)10-13-30-11-6-5-7-12-30/h15-16,20-21,24,32H,5-7,10-14,17-19H2,1-4H3/t20-,21-,24+/m0/s1. The number of ether oxygens (including phenoxy) is 2. The molecule has 3 rings (SSSR count). The molecule has 2 aliphatic heterocycles. The minimum Gasteiger partial charge on any atom is -0.472 e. The van der Waals surface area contributed by atoms with Crippen LogP contribution >= 0.6 is 0 Å². The van der Waals surface area contributed by atoms with E-state index in [2.05, 4.69) is 21.7 Å². The van der Waals surface area contributed by atoms with Crippen LogP contribution in [0.4, 0.5) is 0 Å². The van der Waals surface area contributed by atoms with Crippen molar-refractivity contribution in [1.82, 2.24) is 19.7 Å². The molecule has 0 bridgehead atoms. The summed E-state index contributed by atoms with van der Waals surface area (Å²) in [6, 6.07) is 1.30. The molecule has 3 atom stereocenters. The average Bonchev–Trinajstić information content (AvgIpc) is 2.89. The van der Waals surface area contributed by atoms with Crippen molar-refractivity contribution in [2.75, 3.05) is 60.1 Å². The van der Waals surface area contributed by atoms with E-state index >= 15 is 0 Å². The summed E-state index contributed by atoms with van der Waals surface area (Å²) < 4.78 is 11.3. The van der Waals surface area contributed by atoms with E-state index in [9.17, 15) is 14.7 Å². The fourth-order valence-electron chi connectivity index (χ4n) is 4.60. The molecule has 0 unspecified atom stereocenters. The molecule has 9 heteroatoms. The first kappa shape index (κ1) is 27.9. The van der Waals surface area contributed by atoms with Crippen molar-refractivity contribution in [1.29, 1.82) is 0 Å². The highest BCUT2D eigenvalue weighted by Crippen LogP contribution is 2.27. The molecule has 1 aromatic rings. The normalized spacial score (nSPS) is 21.4. The molecule has 0 spiro atoms. The van der Waals surface area contributed by atoms with Gasteiger partial charge in [0.05, 0.1) is 19.2 Å². The first-order chi connectivity index (χ1) is 17.3. The predicted octanol–water partition coefficient (Wildman–Crippen LogP) is 1.63. The first-order valence-corrected chi connectivity index (χ1v) is 12.9. The third kappa shape index (κ3) is 7.42. The zero-order chi connectivity index (χ0) is 26.1. The number of aliphatic hydroxyl groups is 1. The maximum Gasteiger partial charge on any atom is 0.259 e. The monoisotopic (exact) mass is 500 g/mol. The van der Waals surface area contributed by atoms with Crippen LogP contribution in [-0.4, -0.2) is 109 Å². The van der Waals surface area contributed by atoms with E-state index < -0.39 is 0 Å². The maximum absolute atomic E-state index is 13.4. The molecule has 1 saturated heterocycles. The van der Waals surface area contributed by atoms with Crippen molar-refractivity contribution in [3.05, 3.63) is 23.4 Å². The molecule has 198 valence electrons. The van der Waals surface area contributed by atoms with Crippen molar-refractivity contribution < 1.29 is 24.2 Å². The number of fused-ring (bicyclic) bond motifs is 1. The number of amides is 2. The Morgan fingerprint density at radius 2 is 2.11 bits per heavy atom. The van der Waals surface area contributed by atoms with Crippen molar-refractivity contribution in [2.24, 2.45) is 5.92 Å². The lowest BCUT2D eigenvalue weighted by atomic mass is 9.99. The summed E-state index contributed by atoms with van der Waals surface area (Å²) in [5.74, 6) is 5.77. The van der Waals surface area contributed by atoms with Gasteiger partial charge in [0, 0.05) is 51.3 Å². The molecule has 9 nitrogen and oxygen atoms in total. The zero-order valence-corrected chi connectivity index (χ0v) is 22.0. The van der Waals surface area contributed by atoms with Crippen molar-refractivity contribution in [2.45, 2.75) is 51.7 Å². The lowest BCUT2D eigenvalue weighted by Crippen LogP contribution is -2.50. The second-order valence-corrected chi connectivity index (χ2v) is 9.86. The lowest BCUT2D eigenvalue weighted by molar-refractivity contribution is -0.131. The maximum atomic E-state index is 13.4. The van der Waals surface area contributed by atoms with Crippen LogP contribution in [-0.2, 0) is 9.53 Å². The van der Waals surface area contributed by atoms with Gasteiger partial charge in [-0.15, -0.1) is 0 Å². The van der Waals surface area contributed by atoms with Gasteiger partial charge in [-0.1, -0.05) is 25.2 Å². The van der Waals surface area contributed by atoms with Gasteiger partial charge in [0.1, 0.15) is 18.3 Å². The van der Waals surface area contributed by atoms with E-state index in [4.69, 9.17) is 9.47 Å². The van der Waals surface area contributed by atoms with Crippen LogP contribution in [0.15, 0.2) is 12.3 Å². The van der Waals surface area contributed by atoms with E-state index in [0.29, 0.717) is 30.6 Å². The number of likely N-dealkylation sites (N-methyl/N-ethyl adjacent to an activating group) is 1. The highest BCUT2D eigenvalue weighted by molar-refractivity contribution is 5.97. The number of aromatic nitrogens is 1. The number of likely N-dealkylation sites (tertiary alicyclic amines) is 1. The number of carbonyl (C=O) groups excluding carboxylic acids is 2. The number of hydrogen-bond acceptors (Lipinski definition) is 7. The first-order valence-electron chi connectivity index (χ1n) is 12.9. The van der Waals surface area contributed by atoms with Crippen LogP contribution in [0, 0.1) is 17.8 Å². The largest absolute Gasteiger partial charge is 0.472 e. The Bertz CT molecular complexity index is 953. The number of aliphatic hydroxyl groups excluding tert-OH is 1. The lowest BCUT2D eigenvalue weighted by Gasteiger charge is -2.37. The van der Waals surface area contributed by atoms with Gasteiger partial charge in [-0.3, -0.25) is 9.59 Å². The van der Waals surface area contributed by atoms with Crippen molar-refractivity contribution in [3.63, 3.8) is 0 Å². The smallest absolute Gasteiger partial charge is 0.259 e. The van der Waals surface area contributed by atoms with Crippen LogP contribution in [0.3, 0.4) is 0 Å². The van der Waals surface area contributed by atoms with Gasteiger partial charge < -0.3 is 29.3 Å². The highest BCUT2D eigenvalue weighted by Gasteiger charge is 2.34. The minimum absolute atomic E-state index is 0.0760. The van der Waals surface area contributed by atoms with Crippen LogP contribution in [0.25, 0.3) is 0 Å². The van der Waals surface area contributed by atoms with Gasteiger partial charge in [0.2, 0.25) is 11.8 Å². The van der Waals surface area contributed by atoms with Crippen LogP contribution in [0.1, 0.15) is 55.5 Å². The van der Waals surface area contributed by atoms with E-state index in [1.165, 1.54) is 19.3 Å². The Balaban J connectivity index is 1.78. The van der Waals surface area contributed by atoms with Crippen molar-refractivity contribution in [3.8, 4) is 17.7 Å². The van der Waals surface area contributed by atoms with Crippen LogP contribution < -0.4 is 4.74 Å². The number of piperidine rings is 1. The van der Waals surface area contributed by atoms with E-state index in [1.54, 1.807) is 36.2 Å². The molecular formula is C27H40N4O5. The Kier molecular flexibility index (Phi) is 10.5. The zero-order valence-electron chi connectivity index (χ0n) is 22.0. The predicted molar refractivity (Wildman–Crippen MR) is 137 cm³/mol. The molecule has 36 heavy (non-hydrogen) atoms. The molecule has 2 amide bonds. The van der Waals surface area contributed by atoms with E-state index in [-0.39, 0.29) is 49.0 Å². The molecule has 1 aromatic heterocycles. The molecule has 1 fully saturated rings. The van der Waals surface area contributed by atoms with Crippen LogP contribution in [0.5, 0.6) is 5.88 Å². The van der Waals surface area contributed by atoms with Gasteiger partial charge in [0.15, 0.2) is 0 Å². The molecule has 0 saturated carbocycles. The number of hydrogen-bond donors (Lipinski definition) is 1. The summed E-state index contributed by atoms with van der Waals surface area (Å²) in [7, 11) is 3.37. The Hall–Kier alpha value is -2.67. The summed E-state index contributed by atoms with van der Waals surface area (Å²) in [5, 5.41) is 9.82. The van der Waals surface area contributed by atoms with Gasteiger partial charge in [-0.05, 0) is 38.9 Å². The van der Waals surface area contributed by atoms with Gasteiger partial charge >= 0.3 is 0 Å². The molecule has 0 radical (unpaired) electrons. The quantitative estimate of drug-likeness (QED) is 0.542. The fraction of sp³-hybridized carbons (Fsp3) is 0.667. The summed E-state index contributed by atoms with van der Waals surface area (Å²) in [4.78, 5) is 36.5. The van der Waals surface area contributed by atoms with Crippen LogP contribution in [0.2, 0.25) is 0 Å². The minimum atomic E-state index is -0.376. The molecular weight excluding hydrogens is 460 g/mol. The number of carbonyl (C=O) groups is 2. The number of pyridine rings is 1. The fourth-order valence-corrected chi connectivity index (χ4v) is 4.60. The Labute approximate surface area is 214 Å². The second kappa shape index (κ2) is 13.6.